The summed E-state index contributed by atoms with van der Waals surface area (Å²) in [5.74, 6) is -0.00313. The molecule has 0 amide bonds. The molecule has 8 nitrogen and oxygen atoms in total. The number of phosphoric ester groups is 2. The fourth-order valence-corrected chi connectivity index (χ4v) is 4.15. The van der Waals surface area contributed by atoms with Crippen LogP contribution in [-0.2, 0) is 14.5 Å². The Hall–Kier alpha value is -2.60. The number of hydrogen-bond donors (Lipinski definition) is 3. The van der Waals surface area contributed by atoms with Crippen molar-refractivity contribution in [3.63, 3.8) is 0 Å². The molecule has 164 valence electrons. The second kappa shape index (κ2) is 8.87. The summed E-state index contributed by atoms with van der Waals surface area (Å²) in [4.78, 5) is 27.6. The van der Waals surface area contributed by atoms with Crippen molar-refractivity contribution in [3.8, 4) is 17.2 Å². The van der Waals surface area contributed by atoms with Crippen LogP contribution in [0.15, 0.2) is 78.9 Å². The van der Waals surface area contributed by atoms with E-state index >= 15 is 0 Å². The molecule has 3 aromatic carbocycles. The van der Waals surface area contributed by atoms with Crippen molar-refractivity contribution in [2.45, 2.75) is 19.3 Å². The molecule has 3 rings (SSSR count). The van der Waals surface area contributed by atoms with E-state index in [1.54, 1.807) is 12.1 Å². The lowest BCUT2D eigenvalue weighted by Gasteiger charge is -2.26. The molecule has 0 bridgehead atoms. The lowest BCUT2D eigenvalue weighted by molar-refractivity contribution is 0.281. The van der Waals surface area contributed by atoms with Gasteiger partial charge < -0.3 is 13.6 Å². The van der Waals surface area contributed by atoms with Crippen LogP contribution in [0.25, 0.3) is 0 Å². The summed E-state index contributed by atoms with van der Waals surface area (Å²) >= 11 is 0. The van der Waals surface area contributed by atoms with E-state index in [1.807, 2.05) is 42.5 Å². The topological polar surface area (TPSA) is 123 Å². The molecule has 0 saturated heterocycles. The van der Waals surface area contributed by atoms with Gasteiger partial charge in [0.1, 0.15) is 17.2 Å². The SMILES string of the molecule is CC(C)(c1ccccc1)c1ccc(OP(=O)(O)Oc2ccc(OP(=O)(O)O)cc2)cc1. The quantitative estimate of drug-likeness (QED) is 0.396. The fourth-order valence-electron chi connectivity index (χ4n) is 2.94. The van der Waals surface area contributed by atoms with Gasteiger partial charge in [-0.3, -0.25) is 14.7 Å². The van der Waals surface area contributed by atoms with E-state index in [0.717, 1.165) is 11.1 Å². The minimum Gasteiger partial charge on any atom is -0.404 e. The number of phosphoric acid groups is 2. The molecule has 0 aromatic heterocycles. The molecule has 10 heteroatoms. The maximum Gasteiger partial charge on any atom is 0.584 e. The largest absolute Gasteiger partial charge is 0.584 e. The van der Waals surface area contributed by atoms with Gasteiger partial charge in [-0.05, 0) is 47.5 Å². The summed E-state index contributed by atoms with van der Waals surface area (Å²) in [6.07, 6.45) is 0. The average molecular weight is 464 g/mol. The first-order chi connectivity index (χ1) is 14.4. The second-order valence-electron chi connectivity index (χ2n) is 7.22. The normalized spacial score (nSPS) is 13.8. The van der Waals surface area contributed by atoms with Crippen molar-refractivity contribution in [3.05, 3.63) is 90.0 Å². The van der Waals surface area contributed by atoms with Crippen molar-refractivity contribution in [1.29, 1.82) is 0 Å². The summed E-state index contributed by atoms with van der Waals surface area (Å²) in [6, 6.07) is 21.6. The molecule has 1 atom stereocenters. The smallest absolute Gasteiger partial charge is 0.404 e. The van der Waals surface area contributed by atoms with E-state index < -0.39 is 15.6 Å². The Labute approximate surface area is 179 Å². The van der Waals surface area contributed by atoms with Crippen LogP contribution < -0.4 is 13.6 Å². The predicted molar refractivity (Wildman–Crippen MR) is 115 cm³/mol. The molecule has 0 heterocycles. The third-order valence-electron chi connectivity index (χ3n) is 4.56. The molecule has 0 radical (unpaired) electrons. The molecule has 0 saturated carbocycles. The Kier molecular flexibility index (Phi) is 6.60. The standard InChI is InChI=1S/C21H22O8P2/c1-21(2,16-6-4-3-5-7-16)17-8-10-19(11-9-17)28-31(25,26)29-20-14-12-18(13-15-20)27-30(22,23)24/h3-15H,1-2H3,(H,25,26)(H2,22,23,24). The number of hydrogen-bond acceptors (Lipinski definition) is 5. The maximum absolute atomic E-state index is 12.3. The van der Waals surface area contributed by atoms with Crippen molar-refractivity contribution in [1.82, 2.24) is 0 Å². The summed E-state index contributed by atoms with van der Waals surface area (Å²) in [5, 5.41) is 0. The lowest BCUT2D eigenvalue weighted by atomic mass is 9.78. The summed E-state index contributed by atoms with van der Waals surface area (Å²) in [6.45, 7) is 4.16. The van der Waals surface area contributed by atoms with Gasteiger partial charge in [-0.1, -0.05) is 56.3 Å². The lowest BCUT2D eigenvalue weighted by Crippen LogP contribution is -2.18. The third kappa shape index (κ3) is 6.44. The van der Waals surface area contributed by atoms with Crippen LogP contribution >= 0.6 is 15.6 Å². The Balaban J connectivity index is 1.67. The van der Waals surface area contributed by atoms with E-state index in [-0.39, 0.29) is 22.7 Å². The molecule has 0 fully saturated rings. The Morgan fingerprint density at radius 2 is 1.00 bits per heavy atom. The van der Waals surface area contributed by atoms with Gasteiger partial charge in [-0.15, -0.1) is 0 Å². The molecule has 0 aliphatic carbocycles. The summed E-state index contributed by atoms with van der Waals surface area (Å²) in [5.41, 5.74) is 1.86. The highest BCUT2D eigenvalue weighted by molar-refractivity contribution is 7.48. The van der Waals surface area contributed by atoms with Gasteiger partial charge in [-0.25, -0.2) is 9.13 Å². The van der Waals surface area contributed by atoms with Crippen LogP contribution in [0, 0.1) is 0 Å². The van der Waals surface area contributed by atoms with Crippen LogP contribution in [0.3, 0.4) is 0 Å². The van der Waals surface area contributed by atoms with Crippen LogP contribution in [0.5, 0.6) is 17.2 Å². The van der Waals surface area contributed by atoms with Gasteiger partial charge in [0.05, 0.1) is 0 Å². The Morgan fingerprint density at radius 1 is 0.613 bits per heavy atom. The number of benzene rings is 3. The van der Waals surface area contributed by atoms with Crippen molar-refractivity contribution in [2.24, 2.45) is 0 Å². The van der Waals surface area contributed by atoms with E-state index in [1.165, 1.54) is 24.3 Å². The highest BCUT2D eigenvalue weighted by atomic mass is 31.2. The first-order valence-electron chi connectivity index (χ1n) is 9.18. The van der Waals surface area contributed by atoms with Gasteiger partial charge in [0.25, 0.3) is 0 Å². The average Bonchev–Trinajstić information content (AvgIpc) is 2.69. The van der Waals surface area contributed by atoms with Gasteiger partial charge in [0, 0.05) is 5.41 Å². The van der Waals surface area contributed by atoms with Gasteiger partial charge in [-0.2, -0.15) is 0 Å². The maximum atomic E-state index is 12.3. The molecular weight excluding hydrogens is 442 g/mol. The zero-order chi connectivity index (χ0) is 22.7. The molecule has 1 unspecified atom stereocenters. The van der Waals surface area contributed by atoms with Crippen molar-refractivity contribution >= 4 is 15.6 Å². The van der Waals surface area contributed by atoms with Gasteiger partial charge in [0.15, 0.2) is 0 Å². The molecule has 0 spiro atoms. The van der Waals surface area contributed by atoms with Gasteiger partial charge in [0.2, 0.25) is 0 Å². The molecular formula is C21H22O8P2. The van der Waals surface area contributed by atoms with Crippen LogP contribution in [0.2, 0.25) is 0 Å². The number of rotatable bonds is 8. The minimum atomic E-state index is -4.70. The highest BCUT2D eigenvalue weighted by Crippen LogP contribution is 2.45. The van der Waals surface area contributed by atoms with E-state index in [9.17, 15) is 14.0 Å². The zero-order valence-corrected chi connectivity index (χ0v) is 18.6. The Bertz CT molecular complexity index is 1110. The van der Waals surface area contributed by atoms with E-state index in [4.69, 9.17) is 18.8 Å². The minimum absolute atomic E-state index is 0.0364. The van der Waals surface area contributed by atoms with Crippen LogP contribution in [-0.4, -0.2) is 14.7 Å². The van der Waals surface area contributed by atoms with Crippen LogP contribution in [0.4, 0.5) is 0 Å². The summed E-state index contributed by atoms with van der Waals surface area (Å²) < 4.78 is 37.7. The molecule has 3 N–H and O–H groups in total. The van der Waals surface area contributed by atoms with Crippen molar-refractivity contribution in [2.75, 3.05) is 0 Å². The monoisotopic (exact) mass is 464 g/mol. The van der Waals surface area contributed by atoms with E-state index in [0.29, 0.717) is 0 Å². The molecule has 31 heavy (non-hydrogen) atoms. The predicted octanol–water partition coefficient (Wildman–Crippen LogP) is 5.04. The summed E-state index contributed by atoms with van der Waals surface area (Å²) in [7, 11) is -9.20. The second-order valence-corrected chi connectivity index (χ2v) is 9.69. The van der Waals surface area contributed by atoms with Gasteiger partial charge >= 0.3 is 15.6 Å². The Morgan fingerprint density at radius 3 is 1.45 bits per heavy atom. The molecule has 0 aliphatic heterocycles. The zero-order valence-electron chi connectivity index (χ0n) is 16.8. The highest BCUT2D eigenvalue weighted by Gasteiger charge is 2.27. The molecule has 0 aliphatic rings. The third-order valence-corrected chi connectivity index (χ3v) is 5.89. The first kappa shape index (κ1) is 23.1. The van der Waals surface area contributed by atoms with Crippen molar-refractivity contribution < 1.29 is 37.4 Å². The fraction of sp³-hybridized carbons (Fsp3) is 0.143. The molecule has 3 aromatic rings. The van der Waals surface area contributed by atoms with E-state index in [2.05, 4.69) is 18.4 Å². The van der Waals surface area contributed by atoms with Crippen LogP contribution in [0.1, 0.15) is 25.0 Å². The first-order valence-corrected chi connectivity index (χ1v) is 12.2.